The first kappa shape index (κ1) is 10.5. The van der Waals surface area contributed by atoms with Crippen molar-refractivity contribution >= 4 is 28.4 Å². The van der Waals surface area contributed by atoms with Gasteiger partial charge in [-0.15, -0.1) is 11.3 Å². The number of carbonyl (C=O) groups is 2. The molecule has 6 nitrogen and oxygen atoms in total. The molecule has 0 fully saturated rings. The second-order valence-electron chi connectivity index (χ2n) is 2.73. The number of urea groups is 1. The fraction of sp³-hybridized carbons (Fsp3) is 0.286. The van der Waals surface area contributed by atoms with E-state index in [1.165, 1.54) is 10.3 Å². The van der Waals surface area contributed by atoms with Crippen molar-refractivity contribution in [3.05, 3.63) is 11.1 Å². The number of hydrogen-bond acceptors (Lipinski definition) is 4. The quantitative estimate of drug-likeness (QED) is 0.743. The minimum Gasteiger partial charge on any atom is -0.364 e. The van der Waals surface area contributed by atoms with Crippen molar-refractivity contribution in [3.63, 3.8) is 0 Å². The molecular formula is C7H10N4O2S. The molecule has 1 aromatic heterocycles. The molecule has 0 radical (unpaired) electrons. The number of nitrogens with two attached hydrogens (primary N) is 1. The number of rotatable bonds is 2. The molecular weight excluding hydrogens is 204 g/mol. The summed E-state index contributed by atoms with van der Waals surface area (Å²) in [5.74, 6) is -0.605. The zero-order chi connectivity index (χ0) is 10.7. The van der Waals surface area contributed by atoms with E-state index in [1.807, 2.05) is 0 Å². The molecule has 1 rings (SSSR count). The highest BCUT2D eigenvalue weighted by Gasteiger charge is 2.09. The highest BCUT2D eigenvalue weighted by Crippen LogP contribution is 2.14. The van der Waals surface area contributed by atoms with Crippen molar-refractivity contribution in [3.8, 4) is 0 Å². The summed E-state index contributed by atoms with van der Waals surface area (Å²) in [7, 11) is 3.22. The lowest BCUT2D eigenvalue weighted by Gasteiger charge is -2.09. The van der Waals surface area contributed by atoms with Crippen molar-refractivity contribution in [2.24, 2.45) is 5.73 Å². The Morgan fingerprint density at radius 2 is 2.21 bits per heavy atom. The van der Waals surface area contributed by atoms with Crippen LogP contribution < -0.4 is 11.1 Å². The zero-order valence-electron chi connectivity index (χ0n) is 7.77. The van der Waals surface area contributed by atoms with Gasteiger partial charge in [0.25, 0.3) is 5.91 Å². The number of thiazole rings is 1. The van der Waals surface area contributed by atoms with E-state index in [2.05, 4.69) is 10.3 Å². The molecule has 14 heavy (non-hydrogen) atoms. The number of aromatic nitrogens is 1. The number of anilines is 1. The number of hydrogen-bond donors (Lipinski definition) is 2. The van der Waals surface area contributed by atoms with Gasteiger partial charge in [0.05, 0.1) is 0 Å². The van der Waals surface area contributed by atoms with Crippen LogP contribution in [0, 0.1) is 0 Å². The topological polar surface area (TPSA) is 88.3 Å². The Balaban J connectivity index is 2.69. The van der Waals surface area contributed by atoms with Crippen LogP contribution in [0.25, 0.3) is 0 Å². The van der Waals surface area contributed by atoms with Gasteiger partial charge in [0.1, 0.15) is 5.69 Å². The first-order chi connectivity index (χ1) is 6.50. The van der Waals surface area contributed by atoms with E-state index >= 15 is 0 Å². The number of primary amides is 1. The Labute approximate surface area is 84.7 Å². The molecule has 0 saturated carbocycles. The normalized spacial score (nSPS) is 9.57. The van der Waals surface area contributed by atoms with Gasteiger partial charge in [-0.1, -0.05) is 0 Å². The molecule has 0 bridgehead atoms. The molecule has 76 valence electrons. The van der Waals surface area contributed by atoms with Gasteiger partial charge in [-0.25, -0.2) is 9.78 Å². The third-order valence-corrected chi connectivity index (χ3v) is 2.13. The van der Waals surface area contributed by atoms with Crippen LogP contribution in [0.4, 0.5) is 9.93 Å². The lowest BCUT2D eigenvalue weighted by atomic mass is 10.5. The fourth-order valence-electron chi connectivity index (χ4n) is 0.648. The molecule has 3 amide bonds. The summed E-state index contributed by atoms with van der Waals surface area (Å²) in [4.78, 5) is 27.0. The van der Waals surface area contributed by atoms with Crippen LogP contribution in [0.5, 0.6) is 0 Å². The molecule has 1 aromatic rings. The molecule has 0 aliphatic rings. The Morgan fingerprint density at radius 1 is 1.57 bits per heavy atom. The largest absolute Gasteiger partial charge is 0.364 e. The van der Waals surface area contributed by atoms with E-state index in [4.69, 9.17) is 5.73 Å². The summed E-state index contributed by atoms with van der Waals surface area (Å²) in [5, 5.41) is 4.36. The summed E-state index contributed by atoms with van der Waals surface area (Å²) >= 11 is 1.15. The molecule has 3 N–H and O–H groups in total. The first-order valence-electron chi connectivity index (χ1n) is 3.74. The molecule has 0 unspecified atom stereocenters. The predicted octanol–water partition coefficient (Wildman–Crippen LogP) is 0.335. The van der Waals surface area contributed by atoms with Gasteiger partial charge >= 0.3 is 6.03 Å². The van der Waals surface area contributed by atoms with Gasteiger partial charge < -0.3 is 10.6 Å². The fourth-order valence-corrected chi connectivity index (χ4v) is 1.34. The van der Waals surface area contributed by atoms with E-state index in [-0.39, 0.29) is 11.7 Å². The van der Waals surface area contributed by atoms with E-state index in [0.29, 0.717) is 5.13 Å². The van der Waals surface area contributed by atoms with Gasteiger partial charge in [-0.05, 0) is 0 Å². The molecule has 0 spiro atoms. The molecule has 1 heterocycles. The van der Waals surface area contributed by atoms with Gasteiger partial charge in [0.2, 0.25) is 0 Å². The van der Waals surface area contributed by atoms with Gasteiger partial charge in [-0.3, -0.25) is 10.1 Å². The number of nitrogens with one attached hydrogen (secondary N) is 1. The Kier molecular flexibility index (Phi) is 3.03. The number of carbonyl (C=O) groups excluding carboxylic acids is 2. The lowest BCUT2D eigenvalue weighted by molar-refractivity contribution is 0.0996. The molecule has 0 aromatic carbocycles. The molecule has 0 atom stereocenters. The van der Waals surface area contributed by atoms with Gasteiger partial charge in [0, 0.05) is 19.5 Å². The third kappa shape index (κ3) is 2.43. The Hall–Kier alpha value is -1.63. The third-order valence-electron chi connectivity index (χ3n) is 1.38. The summed E-state index contributed by atoms with van der Waals surface area (Å²) in [5.41, 5.74) is 5.16. The molecule has 7 heteroatoms. The van der Waals surface area contributed by atoms with Crippen LogP contribution in [0.2, 0.25) is 0 Å². The van der Waals surface area contributed by atoms with Crippen LogP contribution in [0.3, 0.4) is 0 Å². The van der Waals surface area contributed by atoms with Gasteiger partial charge in [0.15, 0.2) is 5.13 Å². The maximum absolute atomic E-state index is 11.2. The zero-order valence-corrected chi connectivity index (χ0v) is 8.59. The van der Waals surface area contributed by atoms with Crippen molar-refractivity contribution < 1.29 is 9.59 Å². The van der Waals surface area contributed by atoms with Crippen molar-refractivity contribution in [1.82, 2.24) is 9.88 Å². The standard InChI is InChI=1S/C7H10N4O2S/c1-11(2)7(13)10-6-9-4(3-14-6)5(8)12/h3H,1-2H3,(H2,8,12)(H,9,10,13). The van der Waals surface area contributed by atoms with Crippen LogP contribution in [0.1, 0.15) is 10.5 Å². The summed E-state index contributed by atoms with van der Waals surface area (Å²) in [6, 6.07) is -0.296. The van der Waals surface area contributed by atoms with E-state index in [1.54, 1.807) is 14.1 Å². The lowest BCUT2D eigenvalue weighted by Crippen LogP contribution is -2.27. The minimum absolute atomic E-state index is 0.157. The minimum atomic E-state index is -0.605. The van der Waals surface area contributed by atoms with Crippen LogP contribution >= 0.6 is 11.3 Å². The van der Waals surface area contributed by atoms with E-state index in [9.17, 15) is 9.59 Å². The van der Waals surface area contributed by atoms with Gasteiger partial charge in [-0.2, -0.15) is 0 Å². The second-order valence-corrected chi connectivity index (χ2v) is 3.58. The molecule has 0 aliphatic carbocycles. The average molecular weight is 214 g/mol. The smallest absolute Gasteiger partial charge is 0.323 e. The van der Waals surface area contributed by atoms with Crippen LogP contribution in [0.15, 0.2) is 5.38 Å². The maximum Gasteiger partial charge on any atom is 0.323 e. The highest BCUT2D eigenvalue weighted by molar-refractivity contribution is 7.14. The number of nitrogens with zero attached hydrogens (tertiary/aromatic N) is 2. The summed E-state index contributed by atoms with van der Waals surface area (Å²) in [6.45, 7) is 0. The van der Waals surface area contributed by atoms with Crippen LogP contribution in [-0.4, -0.2) is 35.9 Å². The maximum atomic E-state index is 11.2. The highest BCUT2D eigenvalue weighted by atomic mass is 32.1. The molecule has 0 aliphatic heterocycles. The average Bonchev–Trinajstić information content (AvgIpc) is 2.52. The van der Waals surface area contributed by atoms with E-state index < -0.39 is 5.91 Å². The summed E-state index contributed by atoms with van der Waals surface area (Å²) in [6.07, 6.45) is 0. The monoisotopic (exact) mass is 214 g/mol. The van der Waals surface area contributed by atoms with Crippen molar-refractivity contribution in [1.29, 1.82) is 0 Å². The van der Waals surface area contributed by atoms with E-state index in [0.717, 1.165) is 11.3 Å². The first-order valence-corrected chi connectivity index (χ1v) is 4.62. The Morgan fingerprint density at radius 3 is 2.64 bits per heavy atom. The van der Waals surface area contributed by atoms with Crippen molar-refractivity contribution in [2.45, 2.75) is 0 Å². The SMILES string of the molecule is CN(C)C(=O)Nc1nc(C(N)=O)cs1. The number of amides is 3. The second kappa shape index (κ2) is 4.05. The van der Waals surface area contributed by atoms with Crippen molar-refractivity contribution in [2.75, 3.05) is 19.4 Å². The molecule has 0 saturated heterocycles. The summed E-state index contributed by atoms with van der Waals surface area (Å²) < 4.78 is 0. The Bertz CT molecular complexity index is 360. The van der Waals surface area contributed by atoms with Crippen LogP contribution in [-0.2, 0) is 0 Å². The predicted molar refractivity (Wildman–Crippen MR) is 53.3 cm³/mol.